The average Bonchev–Trinajstić information content (AvgIpc) is 2.09. The van der Waals surface area contributed by atoms with Gasteiger partial charge in [0.2, 0.25) is 0 Å². The van der Waals surface area contributed by atoms with E-state index in [1.165, 1.54) is 0 Å². The molecule has 0 aromatic carbocycles. The lowest BCUT2D eigenvalue weighted by atomic mass is 10.0. The Morgan fingerprint density at radius 3 is 2.50 bits per heavy atom. The number of hydrogen-bond donors (Lipinski definition) is 2. The Balaban J connectivity index is 2.64. The van der Waals surface area contributed by atoms with Crippen LogP contribution in [0.25, 0.3) is 0 Å². The standard InChI is InChI=1S/C8H14O2/c1-5-3-8(10)7(4-9)6(5)2/h5,7-10H,2-4H2,1H3. The Bertz CT molecular complexity index is 142. The smallest absolute Gasteiger partial charge is 0.0633 e. The van der Waals surface area contributed by atoms with Gasteiger partial charge in [0.25, 0.3) is 0 Å². The summed E-state index contributed by atoms with van der Waals surface area (Å²) in [7, 11) is 0. The predicted molar refractivity (Wildman–Crippen MR) is 39.5 cm³/mol. The van der Waals surface area contributed by atoms with Crippen LogP contribution in [0.4, 0.5) is 0 Å². The molecule has 0 aromatic heterocycles. The maximum atomic E-state index is 9.31. The first kappa shape index (κ1) is 7.76. The summed E-state index contributed by atoms with van der Waals surface area (Å²) in [6.07, 6.45) is 0.386. The molecular weight excluding hydrogens is 128 g/mol. The summed E-state index contributed by atoms with van der Waals surface area (Å²) in [4.78, 5) is 0. The molecule has 0 spiro atoms. The fourth-order valence-corrected chi connectivity index (χ4v) is 1.53. The molecule has 2 N–H and O–H groups in total. The molecule has 0 radical (unpaired) electrons. The van der Waals surface area contributed by atoms with Crippen LogP contribution in [0.15, 0.2) is 12.2 Å². The number of hydrogen-bond acceptors (Lipinski definition) is 2. The van der Waals surface area contributed by atoms with Gasteiger partial charge in [-0.1, -0.05) is 19.1 Å². The third-order valence-corrected chi connectivity index (χ3v) is 2.37. The molecule has 1 rings (SSSR count). The van der Waals surface area contributed by atoms with E-state index in [-0.39, 0.29) is 18.6 Å². The van der Waals surface area contributed by atoms with Crippen LogP contribution in [0.3, 0.4) is 0 Å². The molecule has 0 bridgehead atoms. The maximum absolute atomic E-state index is 9.31. The highest BCUT2D eigenvalue weighted by molar-refractivity contribution is 5.13. The molecule has 1 aliphatic rings. The minimum absolute atomic E-state index is 0.0321. The summed E-state index contributed by atoms with van der Waals surface area (Å²) in [5, 5.41) is 18.1. The molecule has 10 heavy (non-hydrogen) atoms. The summed E-state index contributed by atoms with van der Waals surface area (Å²) in [6.45, 7) is 5.88. The molecule has 0 amide bonds. The first-order valence-corrected chi connectivity index (χ1v) is 3.64. The summed E-state index contributed by atoms with van der Waals surface area (Å²) in [5.74, 6) is 0.294. The van der Waals surface area contributed by atoms with E-state index in [1.807, 2.05) is 6.92 Å². The molecule has 2 nitrogen and oxygen atoms in total. The molecule has 1 saturated carbocycles. The van der Waals surface area contributed by atoms with Gasteiger partial charge in [0, 0.05) is 5.92 Å². The van der Waals surface area contributed by atoms with E-state index >= 15 is 0 Å². The third kappa shape index (κ3) is 1.09. The van der Waals surface area contributed by atoms with Crippen molar-refractivity contribution in [1.29, 1.82) is 0 Å². The van der Waals surface area contributed by atoms with Gasteiger partial charge in [-0.25, -0.2) is 0 Å². The van der Waals surface area contributed by atoms with E-state index in [4.69, 9.17) is 5.11 Å². The zero-order chi connectivity index (χ0) is 7.72. The Kier molecular flexibility index (Phi) is 2.11. The SMILES string of the molecule is C=C1C(C)CC(O)C1CO. The van der Waals surface area contributed by atoms with Gasteiger partial charge in [-0.3, -0.25) is 0 Å². The third-order valence-electron chi connectivity index (χ3n) is 2.37. The van der Waals surface area contributed by atoms with Crippen LogP contribution in [-0.4, -0.2) is 22.9 Å². The molecule has 0 heterocycles. The monoisotopic (exact) mass is 142 g/mol. The largest absolute Gasteiger partial charge is 0.396 e. The first-order valence-electron chi connectivity index (χ1n) is 3.64. The Morgan fingerprint density at radius 2 is 2.30 bits per heavy atom. The van der Waals surface area contributed by atoms with Crippen LogP contribution in [0.1, 0.15) is 13.3 Å². The predicted octanol–water partition coefficient (Wildman–Crippen LogP) is 0.552. The Morgan fingerprint density at radius 1 is 1.70 bits per heavy atom. The number of aliphatic hydroxyl groups is 2. The van der Waals surface area contributed by atoms with Gasteiger partial charge in [-0.2, -0.15) is 0 Å². The average molecular weight is 142 g/mol. The van der Waals surface area contributed by atoms with E-state index in [9.17, 15) is 5.11 Å². The summed E-state index contributed by atoms with van der Waals surface area (Å²) >= 11 is 0. The van der Waals surface area contributed by atoms with E-state index in [0.717, 1.165) is 12.0 Å². The van der Waals surface area contributed by atoms with Gasteiger partial charge in [0.15, 0.2) is 0 Å². The topological polar surface area (TPSA) is 40.5 Å². The molecule has 1 aliphatic carbocycles. The molecular formula is C8H14O2. The fraction of sp³-hybridized carbons (Fsp3) is 0.750. The molecule has 1 fully saturated rings. The van der Waals surface area contributed by atoms with E-state index < -0.39 is 0 Å². The zero-order valence-corrected chi connectivity index (χ0v) is 6.25. The quantitative estimate of drug-likeness (QED) is 0.525. The van der Waals surface area contributed by atoms with Crippen LogP contribution in [-0.2, 0) is 0 Å². The van der Waals surface area contributed by atoms with Crippen molar-refractivity contribution in [2.75, 3.05) is 6.61 Å². The molecule has 0 aliphatic heterocycles. The lowest BCUT2D eigenvalue weighted by Crippen LogP contribution is -2.17. The maximum Gasteiger partial charge on any atom is 0.0633 e. The van der Waals surface area contributed by atoms with Crippen LogP contribution in [0.2, 0.25) is 0 Å². The lowest BCUT2D eigenvalue weighted by Gasteiger charge is -2.11. The second kappa shape index (κ2) is 2.72. The van der Waals surface area contributed by atoms with Crippen molar-refractivity contribution in [3.8, 4) is 0 Å². The molecule has 0 aromatic rings. The van der Waals surface area contributed by atoms with Gasteiger partial charge in [0.1, 0.15) is 0 Å². The van der Waals surface area contributed by atoms with Gasteiger partial charge in [-0.15, -0.1) is 0 Å². The van der Waals surface area contributed by atoms with Crippen molar-refractivity contribution in [3.05, 3.63) is 12.2 Å². The summed E-state index contributed by atoms with van der Waals surface area (Å²) < 4.78 is 0. The van der Waals surface area contributed by atoms with Gasteiger partial charge < -0.3 is 10.2 Å². The molecule has 0 saturated heterocycles. The van der Waals surface area contributed by atoms with Crippen LogP contribution >= 0.6 is 0 Å². The van der Waals surface area contributed by atoms with E-state index in [0.29, 0.717) is 5.92 Å². The highest BCUT2D eigenvalue weighted by Crippen LogP contribution is 2.34. The van der Waals surface area contributed by atoms with Crippen molar-refractivity contribution < 1.29 is 10.2 Å². The van der Waals surface area contributed by atoms with Crippen molar-refractivity contribution in [1.82, 2.24) is 0 Å². The molecule has 3 unspecified atom stereocenters. The van der Waals surface area contributed by atoms with Crippen molar-refractivity contribution in [2.24, 2.45) is 11.8 Å². The van der Waals surface area contributed by atoms with Crippen LogP contribution < -0.4 is 0 Å². The fourth-order valence-electron chi connectivity index (χ4n) is 1.53. The highest BCUT2D eigenvalue weighted by atomic mass is 16.3. The minimum Gasteiger partial charge on any atom is -0.396 e. The zero-order valence-electron chi connectivity index (χ0n) is 6.25. The van der Waals surface area contributed by atoms with E-state index in [1.54, 1.807) is 0 Å². The second-order valence-corrected chi connectivity index (χ2v) is 3.07. The van der Waals surface area contributed by atoms with Gasteiger partial charge in [0.05, 0.1) is 12.7 Å². The van der Waals surface area contributed by atoms with Crippen LogP contribution in [0, 0.1) is 11.8 Å². The Hall–Kier alpha value is -0.340. The highest BCUT2D eigenvalue weighted by Gasteiger charge is 2.32. The second-order valence-electron chi connectivity index (χ2n) is 3.07. The lowest BCUT2D eigenvalue weighted by molar-refractivity contribution is 0.101. The van der Waals surface area contributed by atoms with Gasteiger partial charge >= 0.3 is 0 Å². The van der Waals surface area contributed by atoms with Crippen molar-refractivity contribution in [3.63, 3.8) is 0 Å². The number of rotatable bonds is 1. The van der Waals surface area contributed by atoms with E-state index in [2.05, 4.69) is 6.58 Å². The Labute approximate surface area is 61.2 Å². The molecule has 58 valence electrons. The van der Waals surface area contributed by atoms with Crippen molar-refractivity contribution >= 4 is 0 Å². The van der Waals surface area contributed by atoms with Crippen LogP contribution in [0.5, 0.6) is 0 Å². The number of aliphatic hydroxyl groups excluding tert-OH is 2. The molecule has 3 atom stereocenters. The normalized spacial score (nSPS) is 40.7. The summed E-state index contributed by atoms with van der Waals surface area (Å²) in [5.41, 5.74) is 0.995. The first-order chi connectivity index (χ1) is 4.66. The van der Waals surface area contributed by atoms with Crippen molar-refractivity contribution in [2.45, 2.75) is 19.4 Å². The summed E-state index contributed by atoms with van der Waals surface area (Å²) in [6, 6.07) is 0. The minimum atomic E-state index is -0.368. The molecule has 2 heteroatoms. The van der Waals surface area contributed by atoms with Gasteiger partial charge in [-0.05, 0) is 12.3 Å².